The molecule has 1 saturated heterocycles. The molecule has 13 atom stereocenters. The van der Waals surface area contributed by atoms with Crippen LogP contribution in [-0.2, 0) is 66.8 Å². The lowest BCUT2D eigenvalue weighted by molar-refractivity contribution is -0.346. The van der Waals surface area contributed by atoms with Gasteiger partial charge < -0.3 is 71.4 Å². The molecule has 11 N–H and O–H groups in total. The van der Waals surface area contributed by atoms with Crippen molar-refractivity contribution in [2.45, 2.75) is 153 Å². The number of Topliss-reactive ketones (excluding diaryl/α,β-unsaturated/α-hetero) is 1. The van der Waals surface area contributed by atoms with E-state index in [0.717, 1.165) is 13.8 Å². The quantitative estimate of drug-likeness (QED) is 0.0106. The summed E-state index contributed by atoms with van der Waals surface area (Å²) in [4.78, 5) is 139. The Morgan fingerprint density at radius 2 is 1.43 bits per heavy atom. The molecule has 4 amide bonds. The van der Waals surface area contributed by atoms with Gasteiger partial charge in [0, 0.05) is 69.1 Å². The summed E-state index contributed by atoms with van der Waals surface area (Å²) in [7, 11) is 2.41. The van der Waals surface area contributed by atoms with Crippen molar-refractivity contribution < 1.29 is 86.6 Å². The molecule has 27 heteroatoms. The van der Waals surface area contributed by atoms with Crippen LogP contribution in [0.3, 0.4) is 0 Å². The van der Waals surface area contributed by atoms with Gasteiger partial charge >= 0.3 is 29.8 Å². The largest absolute Gasteiger partial charge is 0.455 e. The summed E-state index contributed by atoms with van der Waals surface area (Å²) in [5.74, 6) is -10.2. The molecule has 2 saturated carbocycles. The van der Waals surface area contributed by atoms with Gasteiger partial charge in [-0.2, -0.15) is 0 Å². The van der Waals surface area contributed by atoms with E-state index in [-0.39, 0.29) is 84.1 Å². The molecule has 2 bridgehead atoms. The number of rotatable bonds is 26. The van der Waals surface area contributed by atoms with Crippen LogP contribution in [0, 0.1) is 22.2 Å². The number of primary amides is 1. The van der Waals surface area contributed by atoms with Crippen molar-refractivity contribution in [2.24, 2.45) is 28.2 Å². The monoisotopic (exact) mass is 1270 g/mol. The van der Waals surface area contributed by atoms with Gasteiger partial charge in [-0.15, -0.1) is 0 Å². The molecule has 1 unspecified atom stereocenters. The summed E-state index contributed by atoms with van der Waals surface area (Å²) < 4.78 is 37.1. The van der Waals surface area contributed by atoms with E-state index in [1.165, 1.54) is 80.5 Å². The normalized spacial score (nSPS) is 26.1. The number of aliphatic hydroxyl groups excluding tert-OH is 1. The number of esters is 5. The van der Waals surface area contributed by atoms with Crippen LogP contribution < -0.4 is 32.7 Å². The van der Waals surface area contributed by atoms with Crippen molar-refractivity contribution in [1.29, 1.82) is 5.41 Å². The fraction of sp³-hybridized carbons (Fsp3) is 0.500. The Morgan fingerprint density at radius 3 is 2.00 bits per heavy atom. The number of carbonyl (C=O) groups excluding carboxylic acids is 10. The molecule has 3 aliphatic carbocycles. The number of guanidine groups is 1. The average Bonchev–Trinajstić information content (AvgIpc) is 0.673. The highest BCUT2D eigenvalue weighted by Gasteiger charge is 2.78. The summed E-state index contributed by atoms with van der Waals surface area (Å²) >= 11 is 0. The minimum atomic E-state index is -2.53. The molecule has 1 heterocycles. The first-order valence-electron chi connectivity index (χ1n) is 29.0. The Morgan fingerprint density at radius 1 is 0.798 bits per heavy atom. The van der Waals surface area contributed by atoms with Gasteiger partial charge in [0.25, 0.3) is 5.91 Å². The minimum Gasteiger partial charge on any atom is -0.455 e. The first-order valence-corrected chi connectivity index (χ1v) is 31.5. The highest BCUT2D eigenvalue weighted by atomic mass is 33.1. The number of fused-ring (bicyclic) bond motifs is 5. The maximum atomic E-state index is 15.9. The first kappa shape index (κ1) is 68.6. The maximum Gasteiger partial charge on any atom is 0.350 e. The Bertz CT molecular complexity index is 3190. The lowest BCUT2D eigenvalue weighted by Gasteiger charge is -2.67. The lowest BCUT2D eigenvalue weighted by Crippen LogP contribution is -2.82. The summed E-state index contributed by atoms with van der Waals surface area (Å²) in [6.07, 6.45) is -10.9. The second-order valence-electron chi connectivity index (χ2n) is 23.2. The predicted molar refractivity (Wildman–Crippen MR) is 324 cm³/mol. The molecule has 0 spiro atoms. The Labute approximate surface area is 522 Å². The standard InChI is InChI=1S/C62H77N7O18S2/c1-33-42(30-62(81)52(86-56(79)39-23-15-10-16-24-39)50-60(7,43(73)29-44-61(50,32-82-44)87-36(4)72)51(75)48(83-35(3)71)46(33)59(62,5)6)84-57(80)49(47(37-19-11-8-12-20-37)69-54(77)38-21-13-9-14-22-38)85-45(74)26-18-28-88-89-31-41(67-34(2)70)55(78)68-40(53(63)76)25-17-27-66-58(64)65/h8-16,19-24,40-44,47-50,52,73,81H,17-18,25-32H2,1-7H3,(H2,63,76)(H,67,70)(H,68,78)(H,69,77)(H4,64,65,66)/t40-,41-,42+,43+,44-,47?,48-,49-,50+,52+,60-,61+,62-/m1/s1. The number of amides is 4. The summed E-state index contributed by atoms with van der Waals surface area (Å²) in [6, 6.07) is 20.1. The zero-order valence-electron chi connectivity index (χ0n) is 50.4. The van der Waals surface area contributed by atoms with Crippen molar-refractivity contribution in [3.05, 3.63) is 119 Å². The molecule has 25 nitrogen and oxygen atoms in total. The number of hydrogen-bond donors (Lipinski definition) is 9. The second-order valence-corrected chi connectivity index (χ2v) is 25.9. The van der Waals surface area contributed by atoms with Crippen LogP contribution in [0.4, 0.5) is 0 Å². The Balaban J connectivity index is 1.23. The summed E-state index contributed by atoms with van der Waals surface area (Å²) in [5.41, 5.74) is 3.01. The number of aliphatic hydroxyl groups is 2. The van der Waals surface area contributed by atoms with Crippen LogP contribution in [0.1, 0.15) is 119 Å². The molecule has 480 valence electrons. The Hall–Kier alpha value is -7.85. The molecular formula is C62H77N7O18S2. The predicted octanol–water partition coefficient (Wildman–Crippen LogP) is 3.19. The number of nitrogens with one attached hydrogen (secondary N) is 5. The third-order valence-corrected chi connectivity index (χ3v) is 19.5. The summed E-state index contributed by atoms with van der Waals surface area (Å²) in [6.45, 7) is 9.17. The fourth-order valence-electron chi connectivity index (χ4n) is 12.5. The van der Waals surface area contributed by atoms with Crippen molar-refractivity contribution in [2.75, 3.05) is 24.7 Å². The smallest absolute Gasteiger partial charge is 0.350 e. The molecule has 3 fully saturated rings. The van der Waals surface area contributed by atoms with E-state index in [9.17, 15) is 48.6 Å². The minimum absolute atomic E-state index is 0.0128. The zero-order valence-corrected chi connectivity index (χ0v) is 52.0. The number of nitrogens with two attached hydrogens (primary N) is 2. The van der Waals surface area contributed by atoms with Crippen LogP contribution >= 0.6 is 21.6 Å². The van der Waals surface area contributed by atoms with E-state index in [1.807, 2.05) is 0 Å². The van der Waals surface area contributed by atoms with Gasteiger partial charge in [0.2, 0.25) is 23.8 Å². The molecule has 89 heavy (non-hydrogen) atoms. The number of carbonyl (C=O) groups is 10. The third kappa shape index (κ3) is 15.3. The third-order valence-electron chi connectivity index (χ3n) is 17.0. The van der Waals surface area contributed by atoms with Crippen molar-refractivity contribution >= 4 is 86.8 Å². The molecule has 4 aliphatic rings. The van der Waals surface area contributed by atoms with Gasteiger partial charge in [0.05, 0.1) is 29.6 Å². The van der Waals surface area contributed by atoms with E-state index in [0.29, 0.717) is 6.42 Å². The van der Waals surface area contributed by atoms with E-state index in [4.69, 9.17) is 45.3 Å². The zero-order chi connectivity index (χ0) is 65.2. The van der Waals surface area contributed by atoms with Crippen LogP contribution in [0.5, 0.6) is 0 Å². The van der Waals surface area contributed by atoms with E-state index in [1.54, 1.807) is 66.7 Å². The molecule has 3 aromatic rings. The van der Waals surface area contributed by atoms with Crippen LogP contribution in [-0.4, -0.2) is 160 Å². The molecule has 1 aliphatic heterocycles. The lowest BCUT2D eigenvalue weighted by atomic mass is 9.44. The van der Waals surface area contributed by atoms with E-state index >= 15 is 9.59 Å². The van der Waals surface area contributed by atoms with Gasteiger partial charge in [0.1, 0.15) is 42.0 Å². The molecule has 3 aromatic carbocycles. The van der Waals surface area contributed by atoms with Crippen molar-refractivity contribution in [3.63, 3.8) is 0 Å². The fourth-order valence-corrected chi connectivity index (χ4v) is 14.7. The van der Waals surface area contributed by atoms with Crippen molar-refractivity contribution in [1.82, 2.24) is 21.3 Å². The van der Waals surface area contributed by atoms with Crippen LogP contribution in [0.2, 0.25) is 0 Å². The van der Waals surface area contributed by atoms with Gasteiger partial charge in [-0.25, -0.2) is 9.59 Å². The summed E-state index contributed by atoms with van der Waals surface area (Å²) in [5, 5.41) is 44.3. The maximum absolute atomic E-state index is 15.9. The molecule has 0 radical (unpaired) electrons. The first-order chi connectivity index (χ1) is 42.1. The van der Waals surface area contributed by atoms with Gasteiger partial charge in [-0.1, -0.05) is 102 Å². The number of ether oxygens (including phenoxy) is 6. The SMILES string of the molecule is CC(=O)N[C@H](CSSCCCC(=O)O[C@@H](C(=O)O[C@H]1C[C@@]2(O)[C@@H](OC(=O)c3ccccc3)[C@@H]3[C@]4(OC(C)=O)CO[C@@H]4C[C@H](O)[C@@]3(C)C(=O)[C@H](OC(C)=O)C(=C1C)C2(C)C)C(NC(=O)c1ccccc1)c1ccccc1)C(=O)N[C@H](CCCNC(=N)N)C(N)=O. The van der Waals surface area contributed by atoms with Crippen LogP contribution in [0.15, 0.2) is 102 Å². The van der Waals surface area contributed by atoms with Gasteiger partial charge in [-0.05, 0) is 74.1 Å². The Kier molecular flexibility index (Phi) is 22.5. The molecule has 7 rings (SSSR count). The van der Waals surface area contributed by atoms with E-state index < -0.39 is 148 Å². The van der Waals surface area contributed by atoms with Crippen molar-refractivity contribution in [3.8, 4) is 0 Å². The molecular weight excluding hydrogens is 1190 g/mol. The molecule has 0 aromatic heterocycles. The number of hydrogen-bond acceptors (Lipinski definition) is 21. The van der Waals surface area contributed by atoms with E-state index in [2.05, 4.69) is 21.3 Å². The highest BCUT2D eigenvalue weighted by Crippen LogP contribution is 2.64. The number of ketones is 1. The topological polar surface area (TPSA) is 391 Å². The highest BCUT2D eigenvalue weighted by molar-refractivity contribution is 8.76. The number of benzene rings is 3. The van der Waals surface area contributed by atoms with Gasteiger partial charge in [-0.3, -0.25) is 43.8 Å². The van der Waals surface area contributed by atoms with Gasteiger partial charge in [0.15, 0.2) is 23.4 Å². The average molecular weight is 1270 g/mol. The second kappa shape index (κ2) is 29.2. The van der Waals surface area contributed by atoms with Crippen LogP contribution in [0.25, 0.3) is 0 Å².